The van der Waals surface area contributed by atoms with E-state index in [4.69, 9.17) is 0 Å². The summed E-state index contributed by atoms with van der Waals surface area (Å²) in [5.74, 6) is -0.912. The number of imide groups is 1. The number of hydrogen-bond acceptors (Lipinski definition) is 5. The molecule has 3 fully saturated rings. The van der Waals surface area contributed by atoms with Crippen molar-refractivity contribution in [3.63, 3.8) is 0 Å². The van der Waals surface area contributed by atoms with Crippen molar-refractivity contribution in [2.45, 2.75) is 6.42 Å². The highest BCUT2D eigenvalue weighted by Gasteiger charge is 2.67. The molecule has 1 heterocycles. The number of nitrogens with one attached hydrogen (secondary N) is 1. The van der Waals surface area contributed by atoms with Crippen molar-refractivity contribution < 1.29 is 19.3 Å². The molecule has 0 unspecified atom stereocenters. The minimum Gasteiger partial charge on any atom is -0.272 e. The van der Waals surface area contributed by atoms with Crippen LogP contribution < -0.4 is 5.43 Å². The highest BCUT2D eigenvalue weighted by Crippen LogP contribution is 2.65. The number of amides is 3. The largest absolute Gasteiger partial charge is 0.272 e. The molecule has 26 heavy (non-hydrogen) atoms. The van der Waals surface area contributed by atoms with Crippen molar-refractivity contribution in [2.24, 2.45) is 35.5 Å². The van der Waals surface area contributed by atoms with Crippen LogP contribution in [0.25, 0.3) is 0 Å². The summed E-state index contributed by atoms with van der Waals surface area (Å²) in [5, 5.41) is 11.5. The Morgan fingerprint density at radius 2 is 1.58 bits per heavy atom. The lowest BCUT2D eigenvalue weighted by Crippen LogP contribution is -2.46. The molecule has 1 saturated heterocycles. The number of carbonyl (C=O) groups is 3. The second-order valence-electron chi connectivity index (χ2n) is 7.41. The van der Waals surface area contributed by atoms with Crippen LogP contribution in [-0.4, -0.2) is 27.7 Å². The summed E-state index contributed by atoms with van der Waals surface area (Å²) in [6.45, 7) is 0. The molecule has 0 radical (unpaired) electrons. The Balaban J connectivity index is 1.37. The standard InChI is InChI=1S/C18H15N3O5/c22-16(8-1-3-9(4-2-8)21(25)26)19-20-17(23)14-10-5-6-11(13-7-12(10)13)15(14)18(20)24/h1-6,10-15H,7H2,(H,19,22)/t10-,11-,12-,13-,14+,15+/m0/s1. The van der Waals surface area contributed by atoms with Crippen LogP contribution in [0.3, 0.4) is 0 Å². The van der Waals surface area contributed by atoms with E-state index in [0.29, 0.717) is 11.8 Å². The fraction of sp³-hybridized carbons (Fsp3) is 0.389. The molecular weight excluding hydrogens is 338 g/mol. The smallest absolute Gasteiger partial charge is 0.270 e. The Morgan fingerprint density at radius 3 is 2.08 bits per heavy atom. The quantitative estimate of drug-likeness (QED) is 0.381. The summed E-state index contributed by atoms with van der Waals surface area (Å²) in [6.07, 6.45) is 5.20. The molecule has 1 N–H and O–H groups in total. The molecule has 2 bridgehead atoms. The average Bonchev–Trinajstić information content (AvgIpc) is 3.43. The Labute approximate surface area is 148 Å². The number of hydrazine groups is 1. The van der Waals surface area contributed by atoms with E-state index in [0.717, 1.165) is 11.4 Å². The van der Waals surface area contributed by atoms with Gasteiger partial charge in [0.25, 0.3) is 23.4 Å². The summed E-state index contributed by atoms with van der Waals surface area (Å²) in [4.78, 5) is 48.1. The zero-order chi connectivity index (χ0) is 18.2. The molecule has 3 amide bonds. The van der Waals surface area contributed by atoms with Gasteiger partial charge in [0.1, 0.15) is 0 Å². The number of hydrogen-bond donors (Lipinski definition) is 1. The van der Waals surface area contributed by atoms with E-state index in [-0.39, 0.29) is 46.7 Å². The number of carbonyl (C=O) groups excluding carboxylic acids is 3. The van der Waals surface area contributed by atoms with Crippen LogP contribution in [0.15, 0.2) is 36.4 Å². The highest BCUT2D eigenvalue weighted by atomic mass is 16.6. The molecule has 132 valence electrons. The fourth-order valence-electron chi connectivity index (χ4n) is 4.97. The second-order valence-corrected chi connectivity index (χ2v) is 7.41. The van der Waals surface area contributed by atoms with E-state index in [1.54, 1.807) is 0 Å². The van der Waals surface area contributed by atoms with Crippen molar-refractivity contribution in [3.8, 4) is 0 Å². The van der Waals surface area contributed by atoms with Crippen LogP contribution in [-0.2, 0) is 9.59 Å². The number of benzene rings is 1. The third-order valence-electron chi connectivity index (χ3n) is 6.22. The monoisotopic (exact) mass is 353 g/mol. The number of rotatable bonds is 3. The van der Waals surface area contributed by atoms with Gasteiger partial charge in [0.2, 0.25) is 0 Å². The molecule has 6 rings (SSSR count). The molecule has 4 aliphatic carbocycles. The molecule has 0 spiro atoms. The lowest BCUT2D eigenvalue weighted by atomic mass is 9.63. The summed E-state index contributed by atoms with van der Waals surface area (Å²) in [7, 11) is 0. The molecule has 8 nitrogen and oxygen atoms in total. The first-order valence-corrected chi connectivity index (χ1v) is 8.59. The fourth-order valence-corrected chi connectivity index (χ4v) is 4.97. The summed E-state index contributed by atoms with van der Waals surface area (Å²) in [6, 6.07) is 5.01. The maximum atomic E-state index is 12.8. The molecule has 8 heteroatoms. The van der Waals surface area contributed by atoms with Crippen molar-refractivity contribution in [1.82, 2.24) is 10.4 Å². The lowest BCUT2D eigenvalue weighted by molar-refractivity contribution is -0.384. The zero-order valence-electron chi connectivity index (χ0n) is 13.6. The van der Waals surface area contributed by atoms with Crippen molar-refractivity contribution in [2.75, 3.05) is 0 Å². The topological polar surface area (TPSA) is 110 Å². The van der Waals surface area contributed by atoms with Crippen LogP contribution in [0.2, 0.25) is 0 Å². The molecule has 2 saturated carbocycles. The van der Waals surface area contributed by atoms with E-state index >= 15 is 0 Å². The van der Waals surface area contributed by atoms with Crippen LogP contribution >= 0.6 is 0 Å². The first-order chi connectivity index (χ1) is 12.5. The predicted molar refractivity (Wildman–Crippen MR) is 87.1 cm³/mol. The molecule has 1 aromatic rings. The van der Waals surface area contributed by atoms with Crippen LogP contribution in [0, 0.1) is 45.6 Å². The van der Waals surface area contributed by atoms with Crippen LogP contribution in [0.4, 0.5) is 5.69 Å². The van der Waals surface area contributed by atoms with Crippen LogP contribution in [0.1, 0.15) is 16.8 Å². The van der Waals surface area contributed by atoms with Gasteiger partial charge in [-0.1, -0.05) is 12.2 Å². The van der Waals surface area contributed by atoms with Gasteiger partial charge in [-0.3, -0.25) is 29.9 Å². The van der Waals surface area contributed by atoms with E-state index in [9.17, 15) is 24.5 Å². The number of nitrogens with zero attached hydrogens (tertiary/aromatic N) is 2. The molecular formula is C18H15N3O5. The number of allylic oxidation sites excluding steroid dienone is 2. The average molecular weight is 353 g/mol. The molecule has 0 aromatic heterocycles. The molecule has 1 aliphatic heterocycles. The minimum absolute atomic E-state index is 0.0905. The third kappa shape index (κ3) is 1.92. The van der Waals surface area contributed by atoms with Gasteiger partial charge in [-0.2, -0.15) is 5.01 Å². The van der Waals surface area contributed by atoms with E-state index < -0.39 is 10.8 Å². The SMILES string of the molecule is O=C(NN1C(=O)[C@@H]2[C@H]3C=C[C@@H]([C@@H]4C[C@@H]34)[C@H]2C1=O)c1ccc([N+](=O)[O-])cc1. The Bertz CT molecular complexity index is 857. The summed E-state index contributed by atoms with van der Waals surface area (Å²) < 4.78 is 0. The first-order valence-electron chi connectivity index (χ1n) is 8.59. The lowest BCUT2D eigenvalue weighted by Gasteiger charge is -2.37. The first kappa shape index (κ1) is 15.2. The number of nitro groups is 1. The normalized spacial score (nSPS) is 35.9. The third-order valence-corrected chi connectivity index (χ3v) is 6.22. The zero-order valence-corrected chi connectivity index (χ0v) is 13.6. The van der Waals surface area contributed by atoms with Crippen LogP contribution in [0.5, 0.6) is 0 Å². The van der Waals surface area contributed by atoms with Gasteiger partial charge in [0.15, 0.2) is 0 Å². The van der Waals surface area contributed by atoms with E-state index in [2.05, 4.69) is 17.6 Å². The van der Waals surface area contributed by atoms with Gasteiger partial charge in [0.05, 0.1) is 16.8 Å². The van der Waals surface area contributed by atoms with Crippen molar-refractivity contribution in [1.29, 1.82) is 0 Å². The van der Waals surface area contributed by atoms with E-state index in [1.165, 1.54) is 24.3 Å². The van der Waals surface area contributed by atoms with Crippen molar-refractivity contribution >= 4 is 23.4 Å². The predicted octanol–water partition coefficient (Wildman–Crippen LogP) is 1.29. The van der Waals surface area contributed by atoms with Gasteiger partial charge in [-0.25, -0.2) is 0 Å². The molecule has 5 aliphatic rings. The summed E-state index contributed by atoms with van der Waals surface area (Å²) in [5.41, 5.74) is 2.41. The Hall–Kier alpha value is -3.03. The van der Waals surface area contributed by atoms with Gasteiger partial charge in [0, 0.05) is 17.7 Å². The molecule has 6 atom stereocenters. The minimum atomic E-state index is -0.634. The maximum absolute atomic E-state index is 12.8. The van der Waals surface area contributed by atoms with Gasteiger partial charge in [-0.15, -0.1) is 0 Å². The van der Waals surface area contributed by atoms with Crippen molar-refractivity contribution in [3.05, 3.63) is 52.1 Å². The number of nitro benzene ring substituents is 1. The number of non-ortho nitro benzene ring substituents is 1. The Kier molecular flexibility index (Phi) is 2.93. The van der Waals surface area contributed by atoms with Gasteiger partial charge in [-0.05, 0) is 42.2 Å². The summed E-state index contributed by atoms with van der Waals surface area (Å²) >= 11 is 0. The molecule has 1 aromatic carbocycles. The van der Waals surface area contributed by atoms with Gasteiger partial charge < -0.3 is 0 Å². The van der Waals surface area contributed by atoms with Gasteiger partial charge >= 0.3 is 0 Å². The second kappa shape index (κ2) is 5.00. The Morgan fingerprint density at radius 1 is 1.04 bits per heavy atom. The maximum Gasteiger partial charge on any atom is 0.270 e. The highest BCUT2D eigenvalue weighted by molar-refractivity contribution is 6.08. The van der Waals surface area contributed by atoms with E-state index in [1.807, 2.05) is 0 Å².